The Morgan fingerprint density at radius 1 is 1.19 bits per heavy atom. The van der Waals surface area contributed by atoms with E-state index in [1.54, 1.807) is 18.7 Å². The van der Waals surface area contributed by atoms with Crippen LogP contribution >= 0.6 is 24.2 Å². The van der Waals surface area contributed by atoms with Gasteiger partial charge in [0.1, 0.15) is 6.17 Å². The Bertz CT molecular complexity index is 629. The summed E-state index contributed by atoms with van der Waals surface area (Å²) in [5, 5.41) is 1.07. The number of carbonyl (C=O) groups excluding carboxylic acids is 1. The van der Waals surface area contributed by atoms with Crippen LogP contribution in [0.5, 0.6) is 0 Å². The molecule has 1 saturated carbocycles. The second-order valence-electron chi connectivity index (χ2n) is 6.94. The molecule has 144 valence electrons. The van der Waals surface area contributed by atoms with E-state index in [9.17, 15) is 4.79 Å². The van der Waals surface area contributed by atoms with E-state index in [1.807, 2.05) is 36.2 Å². The number of benzene rings is 1. The standard InChI is InChI=1S/C19H28N4OS.ClH/c1-14(24)23(17-11-9-15(20)10-12-17)18-13-25-19(22(18)2)21-16-7-5-3-4-6-8-16;/h9-12,16,18H,3-8,13,20H2,1-2H3;1H. The smallest absolute Gasteiger partial charge is 0.225 e. The molecule has 1 aromatic carbocycles. The van der Waals surface area contributed by atoms with Crippen molar-refractivity contribution < 1.29 is 4.79 Å². The van der Waals surface area contributed by atoms with Gasteiger partial charge in [-0.25, -0.2) is 0 Å². The topological polar surface area (TPSA) is 61.9 Å². The minimum absolute atomic E-state index is 0. The van der Waals surface area contributed by atoms with Crippen molar-refractivity contribution >= 4 is 46.6 Å². The number of carbonyl (C=O) groups is 1. The van der Waals surface area contributed by atoms with Crippen LogP contribution in [-0.2, 0) is 4.79 Å². The average molecular weight is 397 g/mol. The average Bonchev–Trinajstić information content (AvgIpc) is 2.78. The summed E-state index contributed by atoms with van der Waals surface area (Å²) < 4.78 is 0. The maximum atomic E-state index is 12.3. The second-order valence-corrected chi connectivity index (χ2v) is 7.93. The highest BCUT2D eigenvalue weighted by Crippen LogP contribution is 2.31. The summed E-state index contributed by atoms with van der Waals surface area (Å²) in [6.07, 6.45) is 7.61. The number of nitrogens with two attached hydrogens (primary N) is 1. The van der Waals surface area contributed by atoms with Gasteiger partial charge in [-0.3, -0.25) is 14.7 Å². The number of nitrogens with zero attached hydrogens (tertiary/aromatic N) is 3. The number of nitrogen functional groups attached to an aromatic ring is 1. The van der Waals surface area contributed by atoms with E-state index in [0.29, 0.717) is 11.7 Å². The van der Waals surface area contributed by atoms with Gasteiger partial charge in [0.15, 0.2) is 5.17 Å². The number of rotatable bonds is 3. The lowest BCUT2D eigenvalue weighted by Gasteiger charge is -2.33. The second kappa shape index (κ2) is 9.51. The lowest BCUT2D eigenvalue weighted by Crippen LogP contribution is -2.48. The molecule has 2 aliphatic rings. The van der Waals surface area contributed by atoms with Gasteiger partial charge < -0.3 is 10.6 Å². The fourth-order valence-corrected chi connectivity index (χ4v) is 4.83. The number of amidine groups is 1. The van der Waals surface area contributed by atoms with Gasteiger partial charge in [0.05, 0.1) is 6.04 Å². The molecule has 7 heteroatoms. The van der Waals surface area contributed by atoms with Crippen LogP contribution in [0.1, 0.15) is 45.4 Å². The largest absolute Gasteiger partial charge is 0.399 e. The monoisotopic (exact) mass is 396 g/mol. The SMILES string of the molecule is CC(=O)N(c1ccc(N)cc1)C1CSC(=NC2CCCCCC2)N1C.Cl. The van der Waals surface area contributed by atoms with E-state index in [-0.39, 0.29) is 24.5 Å². The third kappa shape index (κ3) is 4.86. The van der Waals surface area contributed by atoms with Gasteiger partial charge >= 0.3 is 0 Å². The summed E-state index contributed by atoms with van der Waals surface area (Å²) in [6, 6.07) is 7.95. The van der Waals surface area contributed by atoms with Gasteiger partial charge in [0.25, 0.3) is 0 Å². The summed E-state index contributed by atoms with van der Waals surface area (Å²) in [6.45, 7) is 1.62. The van der Waals surface area contributed by atoms with Crippen LogP contribution in [0.25, 0.3) is 0 Å². The molecule has 2 fully saturated rings. The zero-order valence-electron chi connectivity index (χ0n) is 15.6. The first-order valence-electron chi connectivity index (χ1n) is 9.15. The van der Waals surface area contributed by atoms with E-state index in [1.165, 1.54) is 38.5 Å². The van der Waals surface area contributed by atoms with Crippen molar-refractivity contribution in [1.82, 2.24) is 4.90 Å². The van der Waals surface area contributed by atoms with E-state index in [4.69, 9.17) is 10.7 Å². The molecule has 0 spiro atoms. The van der Waals surface area contributed by atoms with Crippen LogP contribution in [0.2, 0.25) is 0 Å². The van der Waals surface area contributed by atoms with Gasteiger partial charge in [0, 0.05) is 31.1 Å². The molecule has 1 amide bonds. The molecule has 1 atom stereocenters. The molecule has 1 aliphatic carbocycles. The van der Waals surface area contributed by atoms with Crippen molar-refractivity contribution in [3.63, 3.8) is 0 Å². The molecule has 3 rings (SSSR count). The van der Waals surface area contributed by atoms with Crippen LogP contribution in [0.15, 0.2) is 29.3 Å². The zero-order valence-corrected chi connectivity index (χ0v) is 17.2. The lowest BCUT2D eigenvalue weighted by atomic mass is 10.1. The Hall–Kier alpha value is -1.40. The molecule has 0 aromatic heterocycles. The molecule has 2 N–H and O–H groups in total. The predicted octanol–water partition coefficient (Wildman–Crippen LogP) is 4.13. The Labute approximate surface area is 166 Å². The van der Waals surface area contributed by atoms with Gasteiger partial charge in [-0.15, -0.1) is 12.4 Å². The summed E-state index contributed by atoms with van der Waals surface area (Å²) in [5.41, 5.74) is 7.38. The van der Waals surface area contributed by atoms with Crippen molar-refractivity contribution in [3.8, 4) is 0 Å². The Morgan fingerprint density at radius 2 is 1.81 bits per heavy atom. The van der Waals surface area contributed by atoms with Crippen molar-refractivity contribution in [2.24, 2.45) is 4.99 Å². The number of hydrogen-bond acceptors (Lipinski definition) is 4. The number of halogens is 1. The molecular weight excluding hydrogens is 368 g/mol. The van der Waals surface area contributed by atoms with E-state index >= 15 is 0 Å². The highest BCUT2D eigenvalue weighted by molar-refractivity contribution is 8.14. The van der Waals surface area contributed by atoms with Crippen molar-refractivity contribution in [1.29, 1.82) is 0 Å². The number of hydrogen-bond donors (Lipinski definition) is 1. The Kier molecular flexibility index (Phi) is 7.65. The Balaban J connectivity index is 0.00000243. The Morgan fingerprint density at radius 3 is 2.38 bits per heavy atom. The van der Waals surface area contributed by atoms with Gasteiger partial charge in [-0.05, 0) is 37.1 Å². The third-order valence-electron chi connectivity index (χ3n) is 5.04. The fourth-order valence-electron chi connectivity index (χ4n) is 3.61. The zero-order chi connectivity index (χ0) is 17.8. The lowest BCUT2D eigenvalue weighted by molar-refractivity contribution is -0.117. The first-order chi connectivity index (χ1) is 12.1. The van der Waals surface area contributed by atoms with Crippen LogP contribution in [0, 0.1) is 0 Å². The van der Waals surface area contributed by atoms with Gasteiger partial charge in [-0.1, -0.05) is 37.4 Å². The fraction of sp³-hybridized carbons (Fsp3) is 0.579. The molecule has 1 heterocycles. The number of thioether (sulfide) groups is 1. The quantitative estimate of drug-likeness (QED) is 0.616. The first-order valence-corrected chi connectivity index (χ1v) is 10.1. The molecule has 0 radical (unpaired) electrons. The molecular formula is C19H29ClN4OS. The van der Waals surface area contributed by atoms with E-state index in [2.05, 4.69) is 4.90 Å². The van der Waals surface area contributed by atoms with Crippen molar-refractivity contribution in [2.75, 3.05) is 23.4 Å². The summed E-state index contributed by atoms with van der Waals surface area (Å²) in [5.74, 6) is 0.879. The molecule has 1 unspecified atom stereocenters. The molecule has 0 bridgehead atoms. The van der Waals surface area contributed by atoms with Crippen LogP contribution in [0.4, 0.5) is 11.4 Å². The van der Waals surface area contributed by atoms with Crippen LogP contribution in [-0.4, -0.2) is 41.0 Å². The first kappa shape index (κ1) is 20.9. The maximum Gasteiger partial charge on any atom is 0.225 e. The molecule has 26 heavy (non-hydrogen) atoms. The highest BCUT2D eigenvalue weighted by Gasteiger charge is 2.34. The minimum atomic E-state index is -0.00403. The van der Waals surface area contributed by atoms with Crippen LogP contribution < -0.4 is 10.6 Å². The van der Waals surface area contributed by atoms with Crippen LogP contribution in [0.3, 0.4) is 0 Å². The normalized spacial score (nSPS) is 22.8. The van der Waals surface area contributed by atoms with Gasteiger partial charge in [-0.2, -0.15) is 0 Å². The van der Waals surface area contributed by atoms with Crippen molar-refractivity contribution in [2.45, 2.75) is 57.7 Å². The summed E-state index contributed by atoms with van der Waals surface area (Å²) in [4.78, 5) is 21.4. The van der Waals surface area contributed by atoms with Gasteiger partial charge in [0.2, 0.25) is 5.91 Å². The molecule has 1 aromatic rings. The molecule has 5 nitrogen and oxygen atoms in total. The number of anilines is 2. The van der Waals surface area contributed by atoms with E-state index in [0.717, 1.165) is 16.6 Å². The summed E-state index contributed by atoms with van der Waals surface area (Å²) in [7, 11) is 2.05. The summed E-state index contributed by atoms with van der Waals surface area (Å²) >= 11 is 1.76. The predicted molar refractivity (Wildman–Crippen MR) is 114 cm³/mol. The van der Waals surface area contributed by atoms with Crippen molar-refractivity contribution in [3.05, 3.63) is 24.3 Å². The third-order valence-corrected chi connectivity index (χ3v) is 6.15. The van der Waals surface area contributed by atoms with E-state index < -0.39 is 0 Å². The molecule has 1 saturated heterocycles. The molecule has 1 aliphatic heterocycles. The number of amides is 1. The minimum Gasteiger partial charge on any atom is -0.399 e. The highest BCUT2D eigenvalue weighted by atomic mass is 35.5. The number of aliphatic imine (C=N–C) groups is 1. The maximum absolute atomic E-state index is 12.3.